The molecule has 0 radical (unpaired) electrons. The molecule has 0 aromatic carbocycles. The Morgan fingerprint density at radius 3 is 2.90 bits per heavy atom. The van der Waals surface area contributed by atoms with Crippen molar-refractivity contribution in [2.45, 2.75) is 44.6 Å². The van der Waals surface area contributed by atoms with E-state index >= 15 is 0 Å². The van der Waals surface area contributed by atoms with E-state index in [4.69, 9.17) is 5.73 Å². The van der Waals surface area contributed by atoms with Crippen LogP contribution in [0.15, 0.2) is 15.9 Å². The fourth-order valence-corrected chi connectivity index (χ4v) is 4.19. The third-order valence-corrected chi connectivity index (χ3v) is 5.55. The lowest BCUT2D eigenvalue weighted by Gasteiger charge is -2.37. The van der Waals surface area contributed by atoms with Gasteiger partial charge >= 0.3 is 0 Å². The van der Waals surface area contributed by atoms with Gasteiger partial charge in [0.05, 0.1) is 9.70 Å². The molecule has 20 heavy (non-hydrogen) atoms. The van der Waals surface area contributed by atoms with Crippen LogP contribution in [0.4, 0.5) is 0 Å². The number of nitrogens with two attached hydrogens (primary N) is 1. The molecular weight excluding hydrogens is 360 g/mol. The summed E-state index contributed by atoms with van der Waals surface area (Å²) in [4.78, 5) is 13.5. The molecule has 3 N–H and O–H groups in total. The molecule has 0 bridgehead atoms. The van der Waals surface area contributed by atoms with Crippen molar-refractivity contribution in [3.8, 4) is 0 Å². The standard InChI is InChI=1S/C14H21BrN2OS.ClH/c1-14(16)8-3-2-4-11(14)13(18)17-9-7-10-5-6-12(15)19-10;/h5-6,11H,2-4,7-9,16H2,1H3,(H,17,18);1H. The lowest BCUT2D eigenvalue weighted by molar-refractivity contribution is -0.128. The van der Waals surface area contributed by atoms with Gasteiger partial charge in [-0.3, -0.25) is 4.79 Å². The molecule has 2 unspecified atom stereocenters. The number of rotatable bonds is 4. The van der Waals surface area contributed by atoms with E-state index in [1.165, 1.54) is 4.88 Å². The normalized spacial score (nSPS) is 25.9. The Morgan fingerprint density at radius 2 is 2.30 bits per heavy atom. The second kappa shape index (κ2) is 7.78. The Morgan fingerprint density at radius 1 is 1.55 bits per heavy atom. The minimum absolute atomic E-state index is 0. The maximum atomic E-state index is 12.2. The van der Waals surface area contributed by atoms with Crippen molar-refractivity contribution in [2.75, 3.05) is 6.54 Å². The highest BCUT2D eigenvalue weighted by molar-refractivity contribution is 9.11. The number of hydrogen-bond donors (Lipinski definition) is 2. The highest BCUT2D eigenvalue weighted by atomic mass is 79.9. The lowest BCUT2D eigenvalue weighted by Crippen LogP contribution is -2.53. The quantitative estimate of drug-likeness (QED) is 0.838. The highest BCUT2D eigenvalue weighted by Crippen LogP contribution is 2.31. The summed E-state index contributed by atoms with van der Waals surface area (Å²) >= 11 is 5.16. The van der Waals surface area contributed by atoms with Gasteiger partial charge in [-0.2, -0.15) is 0 Å². The van der Waals surface area contributed by atoms with Crippen LogP contribution in [-0.4, -0.2) is 18.0 Å². The molecule has 1 aromatic rings. The summed E-state index contributed by atoms with van der Waals surface area (Å²) in [5.41, 5.74) is 5.91. The molecule has 0 spiro atoms. The van der Waals surface area contributed by atoms with Crippen LogP contribution in [0.2, 0.25) is 0 Å². The zero-order valence-electron chi connectivity index (χ0n) is 11.7. The van der Waals surface area contributed by atoms with Gasteiger partial charge in [0.1, 0.15) is 0 Å². The van der Waals surface area contributed by atoms with E-state index in [2.05, 4.69) is 27.3 Å². The van der Waals surface area contributed by atoms with Crippen molar-refractivity contribution < 1.29 is 4.79 Å². The van der Waals surface area contributed by atoms with Crippen LogP contribution in [-0.2, 0) is 11.2 Å². The number of carbonyl (C=O) groups excluding carboxylic acids is 1. The van der Waals surface area contributed by atoms with Crippen LogP contribution in [0.25, 0.3) is 0 Å². The summed E-state index contributed by atoms with van der Waals surface area (Å²) in [7, 11) is 0. The number of carbonyl (C=O) groups is 1. The minimum atomic E-state index is -0.339. The van der Waals surface area contributed by atoms with Gasteiger partial charge in [0.15, 0.2) is 0 Å². The monoisotopic (exact) mass is 380 g/mol. The second-order valence-electron chi connectivity index (χ2n) is 5.55. The number of halogens is 2. The molecule has 1 aliphatic rings. The molecule has 1 aromatic heterocycles. The van der Waals surface area contributed by atoms with E-state index in [1.54, 1.807) is 11.3 Å². The van der Waals surface area contributed by atoms with Crippen molar-refractivity contribution in [3.63, 3.8) is 0 Å². The van der Waals surface area contributed by atoms with Gasteiger partial charge in [-0.15, -0.1) is 23.7 Å². The largest absolute Gasteiger partial charge is 0.355 e. The van der Waals surface area contributed by atoms with E-state index in [9.17, 15) is 4.79 Å². The van der Waals surface area contributed by atoms with Gasteiger partial charge in [0.25, 0.3) is 0 Å². The second-order valence-corrected chi connectivity index (χ2v) is 8.10. The molecule has 0 aliphatic heterocycles. The minimum Gasteiger partial charge on any atom is -0.355 e. The third kappa shape index (κ3) is 4.72. The molecule has 1 aliphatic carbocycles. The van der Waals surface area contributed by atoms with E-state index in [0.29, 0.717) is 6.54 Å². The Bertz CT molecular complexity index is 450. The van der Waals surface area contributed by atoms with Crippen molar-refractivity contribution in [2.24, 2.45) is 11.7 Å². The number of nitrogens with one attached hydrogen (secondary N) is 1. The predicted molar refractivity (Wildman–Crippen MR) is 90.5 cm³/mol. The fourth-order valence-electron chi connectivity index (χ4n) is 2.71. The van der Waals surface area contributed by atoms with Crippen molar-refractivity contribution >= 4 is 45.6 Å². The summed E-state index contributed by atoms with van der Waals surface area (Å²) in [6.45, 7) is 2.70. The lowest BCUT2D eigenvalue weighted by atomic mass is 9.74. The maximum Gasteiger partial charge on any atom is 0.224 e. The van der Waals surface area contributed by atoms with E-state index in [0.717, 1.165) is 35.9 Å². The Labute approximate surface area is 139 Å². The SMILES string of the molecule is CC1(N)CCCCC1C(=O)NCCc1ccc(Br)s1.Cl. The molecule has 2 rings (SSSR count). The number of hydrogen-bond acceptors (Lipinski definition) is 3. The average molecular weight is 382 g/mol. The van der Waals surface area contributed by atoms with Crippen molar-refractivity contribution in [1.82, 2.24) is 5.32 Å². The molecule has 1 heterocycles. The van der Waals surface area contributed by atoms with Gasteiger partial charge in [-0.1, -0.05) is 12.8 Å². The van der Waals surface area contributed by atoms with Crippen LogP contribution in [0.5, 0.6) is 0 Å². The molecule has 1 amide bonds. The smallest absolute Gasteiger partial charge is 0.224 e. The van der Waals surface area contributed by atoms with Gasteiger partial charge in [0.2, 0.25) is 5.91 Å². The van der Waals surface area contributed by atoms with Crippen LogP contribution >= 0.6 is 39.7 Å². The molecule has 3 nitrogen and oxygen atoms in total. The van der Waals surface area contributed by atoms with Crippen LogP contribution in [0.1, 0.15) is 37.5 Å². The summed E-state index contributed by atoms with van der Waals surface area (Å²) in [5, 5.41) is 3.04. The number of thiophene rings is 1. The zero-order valence-corrected chi connectivity index (χ0v) is 14.9. The van der Waals surface area contributed by atoms with Crippen molar-refractivity contribution in [1.29, 1.82) is 0 Å². The predicted octanol–water partition coefficient (Wildman–Crippen LogP) is 3.50. The van der Waals surface area contributed by atoms with Gasteiger partial charge in [0, 0.05) is 17.0 Å². The molecule has 114 valence electrons. The summed E-state index contributed by atoms with van der Waals surface area (Å²) in [6.07, 6.45) is 5.01. The molecule has 2 atom stereocenters. The van der Waals surface area contributed by atoms with Gasteiger partial charge < -0.3 is 11.1 Å². The van der Waals surface area contributed by atoms with Gasteiger partial charge in [-0.05, 0) is 54.2 Å². The Balaban J connectivity index is 0.00000200. The Kier molecular flexibility index (Phi) is 6.98. The molecule has 0 saturated heterocycles. The van der Waals surface area contributed by atoms with Crippen molar-refractivity contribution in [3.05, 3.63) is 20.8 Å². The van der Waals surface area contributed by atoms with Gasteiger partial charge in [-0.25, -0.2) is 0 Å². The first-order chi connectivity index (χ1) is 8.99. The molecule has 1 saturated carbocycles. The first-order valence-electron chi connectivity index (χ1n) is 6.80. The number of amides is 1. The zero-order chi connectivity index (χ0) is 13.9. The average Bonchev–Trinajstić information content (AvgIpc) is 2.74. The topological polar surface area (TPSA) is 55.1 Å². The maximum absolute atomic E-state index is 12.2. The molecular formula is C14H22BrClN2OS. The molecule has 6 heteroatoms. The fraction of sp³-hybridized carbons (Fsp3) is 0.643. The van der Waals surface area contributed by atoms with Crippen LogP contribution < -0.4 is 11.1 Å². The summed E-state index contributed by atoms with van der Waals surface area (Å²) in [5.74, 6) is 0.0941. The molecule has 1 fully saturated rings. The first kappa shape index (κ1) is 18.0. The first-order valence-corrected chi connectivity index (χ1v) is 8.41. The summed E-state index contributed by atoms with van der Waals surface area (Å²) in [6, 6.07) is 4.13. The van der Waals surface area contributed by atoms with E-state index in [-0.39, 0.29) is 29.8 Å². The third-order valence-electron chi connectivity index (χ3n) is 3.87. The van der Waals surface area contributed by atoms with Crippen LogP contribution in [0.3, 0.4) is 0 Å². The van der Waals surface area contributed by atoms with E-state index in [1.807, 2.05) is 13.0 Å². The van der Waals surface area contributed by atoms with Crippen LogP contribution in [0, 0.1) is 5.92 Å². The Hall–Kier alpha value is -0.100. The summed E-state index contributed by atoms with van der Waals surface area (Å²) < 4.78 is 1.13. The highest BCUT2D eigenvalue weighted by Gasteiger charge is 2.37. The van der Waals surface area contributed by atoms with E-state index < -0.39 is 0 Å².